The molecule has 9 heteroatoms. The van der Waals surface area contributed by atoms with Crippen LogP contribution in [0.15, 0.2) is 42.5 Å². The normalized spacial score (nSPS) is 10.4. The van der Waals surface area contributed by atoms with Crippen molar-refractivity contribution in [1.29, 1.82) is 0 Å². The Labute approximate surface area is 166 Å². The molecule has 2 aromatic carbocycles. The molecule has 0 unspecified atom stereocenters. The SMILES string of the molecule is COc1ccc(Nc2nc(Nc3ccc(C)c(Cl)c3)nc(C)c2[N+](=O)[O-])cc1. The third-order valence-corrected chi connectivity index (χ3v) is 4.43. The van der Waals surface area contributed by atoms with Crippen molar-refractivity contribution in [3.05, 3.63) is 68.9 Å². The number of anilines is 4. The molecule has 0 radical (unpaired) electrons. The molecule has 3 aromatic rings. The zero-order valence-corrected chi connectivity index (χ0v) is 16.2. The molecule has 28 heavy (non-hydrogen) atoms. The summed E-state index contributed by atoms with van der Waals surface area (Å²) in [6.07, 6.45) is 0. The van der Waals surface area contributed by atoms with Gasteiger partial charge in [0.2, 0.25) is 11.8 Å². The molecular formula is C19H18ClN5O3. The van der Waals surface area contributed by atoms with Crippen molar-refractivity contribution in [2.75, 3.05) is 17.7 Å². The Bertz CT molecular complexity index is 1020. The highest BCUT2D eigenvalue weighted by Gasteiger charge is 2.22. The van der Waals surface area contributed by atoms with E-state index in [0.29, 0.717) is 22.1 Å². The summed E-state index contributed by atoms with van der Waals surface area (Å²) in [7, 11) is 1.57. The minimum atomic E-state index is -0.506. The van der Waals surface area contributed by atoms with Crippen molar-refractivity contribution in [2.24, 2.45) is 0 Å². The standard InChI is InChI=1S/C19H18ClN5O3/c1-11-4-5-14(10-16(11)20)23-19-21-12(2)17(25(26)27)18(24-19)22-13-6-8-15(28-3)9-7-13/h4-10H,1-3H3,(H2,21,22,23,24). The van der Waals surface area contributed by atoms with E-state index in [4.69, 9.17) is 16.3 Å². The predicted molar refractivity (Wildman–Crippen MR) is 109 cm³/mol. The Balaban J connectivity index is 1.96. The van der Waals surface area contributed by atoms with Gasteiger partial charge in [0, 0.05) is 16.4 Å². The molecule has 1 heterocycles. The van der Waals surface area contributed by atoms with Crippen LogP contribution < -0.4 is 15.4 Å². The van der Waals surface area contributed by atoms with Crippen molar-refractivity contribution in [2.45, 2.75) is 13.8 Å². The van der Waals surface area contributed by atoms with Gasteiger partial charge in [-0.15, -0.1) is 0 Å². The van der Waals surface area contributed by atoms with Crippen molar-refractivity contribution >= 4 is 40.4 Å². The lowest BCUT2D eigenvalue weighted by molar-refractivity contribution is -0.385. The number of rotatable bonds is 6. The smallest absolute Gasteiger partial charge is 0.332 e. The maximum Gasteiger partial charge on any atom is 0.332 e. The average Bonchev–Trinajstić information content (AvgIpc) is 2.65. The molecular weight excluding hydrogens is 382 g/mol. The molecule has 0 fully saturated rings. The molecule has 0 spiro atoms. The second kappa shape index (κ2) is 8.10. The third-order valence-electron chi connectivity index (χ3n) is 4.02. The number of benzene rings is 2. The van der Waals surface area contributed by atoms with Crippen molar-refractivity contribution in [3.63, 3.8) is 0 Å². The van der Waals surface area contributed by atoms with Crippen molar-refractivity contribution < 1.29 is 9.66 Å². The highest BCUT2D eigenvalue weighted by molar-refractivity contribution is 6.31. The fourth-order valence-corrected chi connectivity index (χ4v) is 2.72. The van der Waals surface area contributed by atoms with Gasteiger partial charge in [-0.2, -0.15) is 4.98 Å². The van der Waals surface area contributed by atoms with Crippen molar-refractivity contribution in [3.8, 4) is 5.75 Å². The van der Waals surface area contributed by atoms with Gasteiger partial charge in [0.05, 0.1) is 12.0 Å². The molecule has 1 aromatic heterocycles. The fourth-order valence-electron chi connectivity index (χ4n) is 2.54. The van der Waals surface area contributed by atoms with Gasteiger partial charge in [0.15, 0.2) is 0 Å². The Morgan fingerprint density at radius 3 is 2.32 bits per heavy atom. The van der Waals surface area contributed by atoms with E-state index in [0.717, 1.165) is 5.56 Å². The minimum Gasteiger partial charge on any atom is -0.497 e. The van der Waals surface area contributed by atoms with Crippen LogP contribution in [0, 0.1) is 24.0 Å². The maximum absolute atomic E-state index is 11.5. The first kappa shape index (κ1) is 19.4. The fraction of sp³-hybridized carbons (Fsp3) is 0.158. The van der Waals surface area contributed by atoms with Gasteiger partial charge in [-0.05, 0) is 55.8 Å². The molecule has 0 aliphatic carbocycles. The van der Waals surface area contributed by atoms with Crippen LogP contribution in [0.3, 0.4) is 0 Å². The number of methoxy groups -OCH3 is 1. The van der Waals surface area contributed by atoms with Crippen LogP contribution >= 0.6 is 11.6 Å². The molecule has 0 saturated carbocycles. The van der Waals surface area contributed by atoms with Gasteiger partial charge in [-0.25, -0.2) is 4.98 Å². The summed E-state index contributed by atoms with van der Waals surface area (Å²) in [6.45, 7) is 3.46. The molecule has 144 valence electrons. The van der Waals surface area contributed by atoms with Gasteiger partial charge in [0.1, 0.15) is 11.4 Å². The molecule has 0 amide bonds. The number of nitro groups is 1. The first-order valence-corrected chi connectivity index (χ1v) is 8.72. The number of nitrogens with one attached hydrogen (secondary N) is 2. The molecule has 0 aliphatic heterocycles. The number of ether oxygens (including phenoxy) is 1. The first-order chi connectivity index (χ1) is 13.4. The lowest BCUT2D eigenvalue weighted by Crippen LogP contribution is -2.07. The summed E-state index contributed by atoms with van der Waals surface area (Å²) in [5.41, 5.74) is 2.29. The van der Waals surface area contributed by atoms with Crippen LogP contribution in [0.1, 0.15) is 11.3 Å². The summed E-state index contributed by atoms with van der Waals surface area (Å²) < 4.78 is 5.12. The van der Waals surface area contributed by atoms with E-state index in [1.54, 1.807) is 44.4 Å². The van der Waals surface area contributed by atoms with E-state index < -0.39 is 4.92 Å². The predicted octanol–water partition coefficient (Wildman–Crippen LogP) is 5.15. The lowest BCUT2D eigenvalue weighted by Gasteiger charge is -2.12. The third kappa shape index (κ3) is 4.29. The first-order valence-electron chi connectivity index (χ1n) is 8.34. The Morgan fingerprint density at radius 1 is 1.04 bits per heavy atom. The molecule has 0 saturated heterocycles. The Morgan fingerprint density at radius 2 is 1.71 bits per heavy atom. The number of halogens is 1. The van der Waals surface area contributed by atoms with Crippen LogP contribution in [-0.4, -0.2) is 22.0 Å². The average molecular weight is 400 g/mol. The van der Waals surface area contributed by atoms with Crippen LogP contribution in [0.2, 0.25) is 5.02 Å². The van der Waals surface area contributed by atoms with Crippen molar-refractivity contribution in [1.82, 2.24) is 9.97 Å². The van der Waals surface area contributed by atoms with Crippen LogP contribution in [0.4, 0.5) is 28.8 Å². The van der Waals surface area contributed by atoms with E-state index in [-0.39, 0.29) is 23.1 Å². The van der Waals surface area contributed by atoms with E-state index in [9.17, 15) is 10.1 Å². The van der Waals surface area contributed by atoms with E-state index in [1.165, 1.54) is 0 Å². The maximum atomic E-state index is 11.5. The Kier molecular flexibility index (Phi) is 5.60. The summed E-state index contributed by atoms with van der Waals surface area (Å²) in [4.78, 5) is 19.5. The summed E-state index contributed by atoms with van der Waals surface area (Å²) >= 11 is 6.15. The summed E-state index contributed by atoms with van der Waals surface area (Å²) in [5, 5.41) is 18.1. The zero-order chi connectivity index (χ0) is 20.3. The van der Waals surface area contributed by atoms with Gasteiger partial charge < -0.3 is 15.4 Å². The van der Waals surface area contributed by atoms with E-state index >= 15 is 0 Å². The van der Waals surface area contributed by atoms with Crippen LogP contribution in [-0.2, 0) is 0 Å². The van der Waals surface area contributed by atoms with E-state index in [1.807, 2.05) is 19.1 Å². The molecule has 0 atom stereocenters. The highest BCUT2D eigenvalue weighted by atomic mass is 35.5. The lowest BCUT2D eigenvalue weighted by atomic mass is 10.2. The molecule has 8 nitrogen and oxygen atoms in total. The number of aryl methyl sites for hydroxylation is 2. The summed E-state index contributed by atoms with van der Waals surface area (Å²) in [6, 6.07) is 12.4. The van der Waals surface area contributed by atoms with Crippen LogP contribution in [0.5, 0.6) is 5.75 Å². The Hall–Kier alpha value is -3.39. The molecule has 2 N–H and O–H groups in total. The summed E-state index contributed by atoms with van der Waals surface area (Å²) in [5.74, 6) is 0.986. The highest BCUT2D eigenvalue weighted by Crippen LogP contribution is 2.31. The van der Waals surface area contributed by atoms with Gasteiger partial charge in [0.25, 0.3) is 0 Å². The van der Waals surface area contributed by atoms with Gasteiger partial charge >= 0.3 is 5.69 Å². The van der Waals surface area contributed by atoms with E-state index in [2.05, 4.69) is 20.6 Å². The zero-order valence-electron chi connectivity index (χ0n) is 15.5. The quantitative estimate of drug-likeness (QED) is 0.436. The molecule has 3 rings (SSSR count). The molecule has 0 aliphatic rings. The largest absolute Gasteiger partial charge is 0.497 e. The molecule has 0 bridgehead atoms. The van der Waals surface area contributed by atoms with Crippen LogP contribution in [0.25, 0.3) is 0 Å². The number of nitrogens with zero attached hydrogens (tertiary/aromatic N) is 3. The second-order valence-corrected chi connectivity index (χ2v) is 6.44. The number of hydrogen-bond acceptors (Lipinski definition) is 7. The van der Waals surface area contributed by atoms with Gasteiger partial charge in [-0.1, -0.05) is 17.7 Å². The topological polar surface area (TPSA) is 102 Å². The van der Waals surface area contributed by atoms with Gasteiger partial charge in [-0.3, -0.25) is 10.1 Å². The number of hydrogen-bond donors (Lipinski definition) is 2. The monoisotopic (exact) mass is 399 g/mol. The minimum absolute atomic E-state index is 0.0865. The number of aromatic nitrogens is 2. The second-order valence-electron chi connectivity index (χ2n) is 6.03.